The van der Waals surface area contributed by atoms with Crippen molar-refractivity contribution in [2.75, 3.05) is 6.54 Å². The Morgan fingerprint density at radius 2 is 1.08 bits per heavy atom. The Bertz CT molecular complexity index is 1170. The number of hydrogen-bond donors (Lipinski definition) is 3. The summed E-state index contributed by atoms with van der Waals surface area (Å²) in [5, 5.41) is 8.15. The molecule has 0 fully saturated rings. The van der Waals surface area contributed by atoms with Gasteiger partial charge in [0.2, 0.25) is 8.96 Å². The fourth-order valence-corrected chi connectivity index (χ4v) is 7.69. The largest absolute Gasteiger partial charge is 0.374 e. The molecule has 0 unspecified atom stereocenters. The van der Waals surface area contributed by atoms with Gasteiger partial charge in [-0.25, -0.2) is 0 Å². The lowest BCUT2D eigenvalue weighted by Gasteiger charge is -2.21. The van der Waals surface area contributed by atoms with Gasteiger partial charge in [-0.15, -0.1) is 0 Å². The van der Waals surface area contributed by atoms with E-state index >= 15 is 0 Å². The second-order valence-electron chi connectivity index (χ2n) is 8.17. The van der Waals surface area contributed by atoms with Gasteiger partial charge in [0.05, 0.1) is 0 Å². The van der Waals surface area contributed by atoms with Gasteiger partial charge in [-0.2, -0.15) is 0 Å². The highest BCUT2D eigenvalue weighted by Crippen LogP contribution is 1.95. The second kappa shape index (κ2) is 13.2. The van der Waals surface area contributed by atoms with E-state index in [-0.39, 0.29) is 0 Å². The minimum Gasteiger partial charge on any atom is -0.374 e. The standard InChI is InChI=1S/C29H31N5Si2/c1-2-23-31-29(34-36(26-19-11-5-12-20-26)27-21-13-6-14-22-27)32-28(30)33-35(24-15-7-3-8-16-24)25-17-9-4-10-18-25/h3-22H,2,23H2,1H3,(H4,30,31,32,33,34). The molecule has 0 saturated carbocycles. The maximum absolute atomic E-state index is 6.53. The summed E-state index contributed by atoms with van der Waals surface area (Å²) in [6, 6.07) is 41.7. The van der Waals surface area contributed by atoms with Crippen LogP contribution in [0.25, 0.3) is 0 Å². The number of nitrogens with two attached hydrogens (primary N) is 1. The molecular weight excluding hydrogens is 475 g/mol. The average molecular weight is 506 g/mol. The molecule has 4 rings (SSSR count). The van der Waals surface area contributed by atoms with Gasteiger partial charge >= 0.3 is 0 Å². The van der Waals surface area contributed by atoms with Gasteiger partial charge in [0, 0.05) is 6.54 Å². The van der Waals surface area contributed by atoms with Crippen molar-refractivity contribution in [2.45, 2.75) is 13.3 Å². The van der Waals surface area contributed by atoms with E-state index in [9.17, 15) is 0 Å². The van der Waals surface area contributed by atoms with Crippen LogP contribution >= 0.6 is 0 Å². The number of nitrogens with one attached hydrogen (secondary N) is 2. The molecule has 7 heteroatoms. The van der Waals surface area contributed by atoms with E-state index in [1.54, 1.807) is 0 Å². The average Bonchev–Trinajstić information content (AvgIpc) is 2.95. The van der Waals surface area contributed by atoms with Gasteiger partial charge in [-0.05, 0) is 27.2 Å². The van der Waals surface area contributed by atoms with Crippen LogP contribution in [0.15, 0.2) is 131 Å². The van der Waals surface area contributed by atoms with Gasteiger partial charge in [0.25, 0.3) is 8.96 Å². The Kier molecular flexibility index (Phi) is 9.24. The van der Waals surface area contributed by atoms with Gasteiger partial charge in [0.1, 0.15) is 0 Å². The Labute approximate surface area is 217 Å². The lowest BCUT2D eigenvalue weighted by molar-refractivity contribution is 0.917. The third kappa shape index (κ3) is 7.03. The fourth-order valence-electron chi connectivity index (χ4n) is 3.73. The van der Waals surface area contributed by atoms with Crippen molar-refractivity contribution in [2.24, 2.45) is 15.4 Å². The molecule has 0 heterocycles. The molecule has 0 aliphatic carbocycles. The number of nitrogens with zero attached hydrogens (tertiary/aromatic N) is 2. The van der Waals surface area contributed by atoms with E-state index in [2.05, 4.69) is 90.0 Å². The summed E-state index contributed by atoms with van der Waals surface area (Å²) in [5.74, 6) is 1.02. The highest BCUT2D eigenvalue weighted by atomic mass is 28.3. The van der Waals surface area contributed by atoms with Gasteiger partial charge in [0.15, 0.2) is 11.9 Å². The summed E-state index contributed by atoms with van der Waals surface area (Å²) in [6.07, 6.45) is 0.936. The molecule has 0 bridgehead atoms. The minimum absolute atomic E-state index is 0.362. The van der Waals surface area contributed by atoms with Crippen LogP contribution in [0.3, 0.4) is 0 Å². The topological polar surface area (TPSA) is 74.8 Å². The molecule has 0 amide bonds. The van der Waals surface area contributed by atoms with E-state index in [1.807, 2.05) is 48.5 Å². The zero-order valence-electron chi connectivity index (χ0n) is 20.4. The quantitative estimate of drug-likeness (QED) is 0.194. The minimum atomic E-state index is -1.47. The first kappa shape index (κ1) is 25.2. The van der Waals surface area contributed by atoms with E-state index in [4.69, 9.17) is 15.4 Å². The molecule has 4 N–H and O–H groups in total. The van der Waals surface area contributed by atoms with Crippen LogP contribution < -0.4 is 36.8 Å². The van der Waals surface area contributed by atoms with E-state index < -0.39 is 17.9 Å². The molecule has 0 aromatic heterocycles. The van der Waals surface area contributed by atoms with Crippen molar-refractivity contribution in [1.29, 1.82) is 0 Å². The Morgan fingerprint density at radius 1 is 0.667 bits per heavy atom. The van der Waals surface area contributed by atoms with Crippen LogP contribution in [0.2, 0.25) is 0 Å². The van der Waals surface area contributed by atoms with Gasteiger partial charge in [-0.1, -0.05) is 128 Å². The Hall–Kier alpha value is -3.95. The van der Waals surface area contributed by atoms with Crippen molar-refractivity contribution in [1.82, 2.24) is 10.3 Å². The highest BCUT2D eigenvalue weighted by molar-refractivity contribution is 6.85. The first-order valence-electron chi connectivity index (χ1n) is 12.1. The molecule has 0 atom stereocenters. The molecule has 0 aliphatic heterocycles. The van der Waals surface area contributed by atoms with E-state index in [0.717, 1.165) is 6.42 Å². The van der Waals surface area contributed by atoms with Crippen molar-refractivity contribution in [3.05, 3.63) is 121 Å². The summed E-state index contributed by atoms with van der Waals surface area (Å²) >= 11 is 0. The third-order valence-corrected chi connectivity index (χ3v) is 9.97. The third-order valence-electron chi connectivity index (χ3n) is 5.44. The monoisotopic (exact) mass is 505 g/mol. The number of aliphatic imine (C=N–C) groups is 1. The summed E-state index contributed by atoms with van der Waals surface area (Å²) in [7, 11) is -2.82. The predicted molar refractivity (Wildman–Crippen MR) is 156 cm³/mol. The summed E-state index contributed by atoms with van der Waals surface area (Å²) in [6.45, 7) is 2.81. The molecule has 180 valence electrons. The van der Waals surface area contributed by atoms with Gasteiger partial charge in [-0.3, -0.25) is 15.0 Å². The summed E-state index contributed by atoms with van der Waals surface area (Å²) < 4.78 is 4.99. The summed E-state index contributed by atoms with van der Waals surface area (Å²) in [5.41, 5.74) is 6.53. The smallest absolute Gasteiger partial charge is 0.270 e. The van der Waals surface area contributed by atoms with Crippen molar-refractivity contribution in [3.63, 3.8) is 0 Å². The lowest BCUT2D eigenvalue weighted by Crippen LogP contribution is -2.60. The summed E-state index contributed by atoms with van der Waals surface area (Å²) in [4.78, 5) is 8.49. The van der Waals surface area contributed by atoms with Crippen LogP contribution in [0.1, 0.15) is 13.3 Å². The number of rotatable bonds is 8. The molecule has 5 nitrogen and oxygen atoms in total. The number of hydrogen-bond acceptors (Lipinski definition) is 2. The first-order chi connectivity index (χ1) is 17.7. The van der Waals surface area contributed by atoms with E-state index in [0.29, 0.717) is 18.5 Å². The highest BCUT2D eigenvalue weighted by Gasteiger charge is 2.21. The van der Waals surface area contributed by atoms with E-state index in [1.165, 1.54) is 20.7 Å². The molecule has 4 aromatic carbocycles. The van der Waals surface area contributed by atoms with Crippen LogP contribution in [-0.4, -0.2) is 36.4 Å². The Balaban J connectivity index is 1.63. The SMILES string of the molecule is CCCN=C(N/C(N)=N/[Si](c1ccccc1)c1ccccc1)N[Si](c1ccccc1)c1ccccc1. The zero-order chi connectivity index (χ0) is 25.0. The van der Waals surface area contributed by atoms with Crippen molar-refractivity contribution < 1.29 is 0 Å². The predicted octanol–water partition coefficient (Wildman–Crippen LogP) is 1.86. The molecule has 0 aliphatic rings. The second-order valence-corrected chi connectivity index (χ2v) is 12.4. The van der Waals surface area contributed by atoms with Crippen LogP contribution in [0.5, 0.6) is 0 Å². The van der Waals surface area contributed by atoms with Crippen molar-refractivity contribution >= 4 is 50.6 Å². The fraction of sp³-hybridized carbons (Fsp3) is 0.103. The van der Waals surface area contributed by atoms with Crippen LogP contribution in [0.4, 0.5) is 0 Å². The first-order valence-corrected chi connectivity index (χ1v) is 15.1. The molecule has 0 saturated heterocycles. The molecular formula is C29H31N5Si2. The number of benzene rings is 4. The molecule has 36 heavy (non-hydrogen) atoms. The van der Waals surface area contributed by atoms with Crippen LogP contribution in [-0.2, 0) is 0 Å². The molecule has 0 spiro atoms. The molecule has 4 aromatic rings. The zero-order valence-corrected chi connectivity index (χ0v) is 22.4. The Morgan fingerprint density at radius 3 is 1.50 bits per heavy atom. The maximum Gasteiger partial charge on any atom is 0.270 e. The van der Waals surface area contributed by atoms with Gasteiger partial charge < -0.3 is 10.7 Å². The molecule has 2 radical (unpaired) electrons. The van der Waals surface area contributed by atoms with Crippen LogP contribution in [0, 0.1) is 0 Å². The normalized spacial score (nSPS) is 12.1. The van der Waals surface area contributed by atoms with Crippen molar-refractivity contribution in [3.8, 4) is 0 Å². The number of guanidine groups is 2. The lowest BCUT2D eigenvalue weighted by atomic mass is 10.4. The maximum atomic E-state index is 6.53.